The van der Waals surface area contributed by atoms with Gasteiger partial charge < -0.3 is 14.4 Å². The lowest BCUT2D eigenvalue weighted by atomic mass is 10.3. The highest BCUT2D eigenvalue weighted by atomic mass is 32.1. The number of carbonyl (C=O) groups excluding carboxylic acids is 1. The summed E-state index contributed by atoms with van der Waals surface area (Å²) in [6, 6.07) is 2.79. The summed E-state index contributed by atoms with van der Waals surface area (Å²) in [4.78, 5) is 17.9. The Bertz CT molecular complexity index is 631. The number of rotatable bonds is 3. The molecule has 3 heterocycles. The first-order valence-electron chi connectivity index (χ1n) is 7.87. The van der Waals surface area contributed by atoms with Crippen molar-refractivity contribution >= 4 is 27.3 Å². The summed E-state index contributed by atoms with van der Waals surface area (Å²) in [5.41, 5.74) is 0. The highest BCUT2D eigenvalue weighted by molar-refractivity contribution is 7.20. The predicted molar refractivity (Wildman–Crippen MR) is 86.1 cm³/mol. The van der Waals surface area contributed by atoms with Crippen LogP contribution in [0.5, 0.6) is 0 Å². The Labute approximate surface area is 128 Å². The number of fused-ring (bicyclic) bond motifs is 1. The highest BCUT2D eigenvalue weighted by Crippen LogP contribution is 2.38. The first-order chi connectivity index (χ1) is 10.2. The van der Waals surface area contributed by atoms with Gasteiger partial charge in [0.25, 0.3) is 5.91 Å². The second kappa shape index (κ2) is 5.14. The molecule has 112 valence electrons. The lowest BCUT2D eigenvalue weighted by molar-refractivity contribution is 0.0648. The molecule has 0 bridgehead atoms. The van der Waals surface area contributed by atoms with Crippen molar-refractivity contribution in [3.8, 4) is 0 Å². The second-order valence-corrected chi connectivity index (χ2v) is 7.18. The summed E-state index contributed by atoms with van der Waals surface area (Å²) in [6.45, 7) is 6.98. The Balaban J connectivity index is 1.50. The van der Waals surface area contributed by atoms with E-state index in [4.69, 9.17) is 0 Å². The maximum atomic E-state index is 12.6. The molecule has 1 saturated carbocycles. The van der Waals surface area contributed by atoms with Gasteiger partial charge in [0.2, 0.25) is 0 Å². The lowest BCUT2D eigenvalue weighted by Crippen LogP contribution is -2.48. The summed E-state index contributed by atoms with van der Waals surface area (Å²) in [5.74, 6) is 0.213. The molecule has 2 aromatic heterocycles. The number of hydrogen-bond donors (Lipinski definition) is 0. The van der Waals surface area contributed by atoms with E-state index in [1.165, 1.54) is 22.9 Å². The van der Waals surface area contributed by atoms with Crippen LogP contribution in [-0.2, 0) is 0 Å². The third-order valence-corrected chi connectivity index (χ3v) is 5.70. The third-order valence-electron chi connectivity index (χ3n) is 4.63. The summed E-state index contributed by atoms with van der Waals surface area (Å²) < 4.78 is 3.56. The Morgan fingerprint density at radius 2 is 2.00 bits per heavy atom. The third kappa shape index (κ3) is 2.49. The minimum atomic E-state index is 0.213. The van der Waals surface area contributed by atoms with Crippen LogP contribution in [0.25, 0.3) is 10.1 Å². The van der Waals surface area contributed by atoms with Gasteiger partial charge in [0, 0.05) is 50.0 Å². The fourth-order valence-electron chi connectivity index (χ4n) is 3.07. The van der Waals surface area contributed by atoms with Crippen LogP contribution in [0.3, 0.4) is 0 Å². The number of aromatic nitrogens is 1. The van der Waals surface area contributed by atoms with Crippen LogP contribution in [-0.4, -0.2) is 53.0 Å². The van der Waals surface area contributed by atoms with Gasteiger partial charge in [0.1, 0.15) is 0 Å². The first kappa shape index (κ1) is 13.3. The number of nitrogens with zero attached hydrogens (tertiary/aromatic N) is 3. The maximum Gasteiger partial charge on any atom is 0.264 e. The minimum absolute atomic E-state index is 0.213. The van der Waals surface area contributed by atoms with Gasteiger partial charge in [-0.05, 0) is 25.5 Å². The predicted octanol–water partition coefficient (Wildman–Crippen LogP) is 2.82. The molecule has 0 atom stereocenters. The van der Waals surface area contributed by atoms with E-state index in [9.17, 15) is 4.79 Å². The van der Waals surface area contributed by atoms with Gasteiger partial charge in [0.15, 0.2) is 0 Å². The number of thiophene rings is 1. The quantitative estimate of drug-likeness (QED) is 0.872. The van der Waals surface area contributed by atoms with E-state index in [1.807, 2.05) is 4.90 Å². The van der Waals surface area contributed by atoms with E-state index in [1.54, 1.807) is 11.3 Å². The minimum Gasteiger partial charge on any atom is -0.349 e. The second-order valence-electron chi connectivity index (χ2n) is 6.09. The van der Waals surface area contributed by atoms with Crippen LogP contribution in [0.15, 0.2) is 18.5 Å². The Kier molecular flexibility index (Phi) is 3.27. The Morgan fingerprint density at radius 1 is 1.24 bits per heavy atom. The van der Waals surface area contributed by atoms with E-state index in [-0.39, 0.29) is 5.91 Å². The number of amides is 1. The van der Waals surface area contributed by atoms with Gasteiger partial charge in [-0.2, -0.15) is 0 Å². The molecule has 0 unspecified atom stereocenters. The average Bonchev–Trinajstić information content (AvgIpc) is 3.17. The van der Waals surface area contributed by atoms with Gasteiger partial charge >= 0.3 is 0 Å². The van der Waals surface area contributed by atoms with Gasteiger partial charge in [-0.15, -0.1) is 11.3 Å². The van der Waals surface area contributed by atoms with Crippen molar-refractivity contribution in [2.75, 3.05) is 32.7 Å². The van der Waals surface area contributed by atoms with E-state index < -0.39 is 0 Å². The molecule has 21 heavy (non-hydrogen) atoms. The zero-order valence-corrected chi connectivity index (χ0v) is 13.2. The molecule has 1 amide bonds. The molecule has 0 N–H and O–H groups in total. The van der Waals surface area contributed by atoms with E-state index in [0.717, 1.165) is 37.6 Å². The molecule has 5 heteroatoms. The van der Waals surface area contributed by atoms with Gasteiger partial charge in [-0.25, -0.2) is 0 Å². The summed E-state index contributed by atoms with van der Waals surface area (Å²) in [5, 5.41) is 1.22. The molecule has 1 aliphatic carbocycles. The van der Waals surface area contributed by atoms with Crippen molar-refractivity contribution in [3.63, 3.8) is 0 Å². The zero-order valence-electron chi connectivity index (χ0n) is 12.4. The van der Waals surface area contributed by atoms with Crippen molar-refractivity contribution in [1.29, 1.82) is 0 Å². The van der Waals surface area contributed by atoms with Crippen LogP contribution in [0.1, 0.15) is 35.5 Å². The van der Waals surface area contributed by atoms with Crippen LogP contribution in [0.4, 0.5) is 0 Å². The SMILES string of the molecule is CCN1CCN(C(=O)c2cc3cn(C4CC4)cc3s2)CC1. The highest BCUT2D eigenvalue weighted by Gasteiger charge is 2.25. The van der Waals surface area contributed by atoms with Crippen molar-refractivity contribution < 1.29 is 4.79 Å². The zero-order chi connectivity index (χ0) is 14.4. The van der Waals surface area contributed by atoms with Crippen LogP contribution < -0.4 is 0 Å². The molecule has 2 aliphatic rings. The molecular weight excluding hydrogens is 282 g/mol. The van der Waals surface area contributed by atoms with Crippen molar-refractivity contribution in [3.05, 3.63) is 23.3 Å². The summed E-state index contributed by atoms with van der Waals surface area (Å²) in [6.07, 6.45) is 7.02. The summed E-state index contributed by atoms with van der Waals surface area (Å²) in [7, 11) is 0. The molecule has 1 aliphatic heterocycles. The van der Waals surface area contributed by atoms with Gasteiger partial charge in [-0.3, -0.25) is 4.79 Å². The maximum absolute atomic E-state index is 12.6. The van der Waals surface area contributed by atoms with Crippen molar-refractivity contribution in [2.24, 2.45) is 0 Å². The molecule has 4 rings (SSSR count). The topological polar surface area (TPSA) is 28.5 Å². The average molecular weight is 303 g/mol. The number of likely N-dealkylation sites (N-methyl/N-ethyl adjacent to an activating group) is 1. The molecule has 0 aromatic carbocycles. The Hall–Kier alpha value is -1.33. The fraction of sp³-hybridized carbons (Fsp3) is 0.562. The molecular formula is C16H21N3OS. The normalized spacial score (nSPS) is 20.3. The number of piperazine rings is 1. The van der Waals surface area contributed by atoms with Gasteiger partial charge in [-0.1, -0.05) is 6.92 Å². The molecule has 2 aromatic rings. The molecule has 0 radical (unpaired) electrons. The molecule has 4 nitrogen and oxygen atoms in total. The molecule has 2 fully saturated rings. The largest absolute Gasteiger partial charge is 0.349 e. The molecule has 0 spiro atoms. The van der Waals surface area contributed by atoms with Crippen LogP contribution in [0.2, 0.25) is 0 Å². The Morgan fingerprint density at radius 3 is 2.62 bits per heavy atom. The summed E-state index contributed by atoms with van der Waals surface area (Å²) >= 11 is 1.65. The van der Waals surface area contributed by atoms with Crippen LogP contribution >= 0.6 is 11.3 Å². The monoisotopic (exact) mass is 303 g/mol. The number of hydrogen-bond acceptors (Lipinski definition) is 3. The van der Waals surface area contributed by atoms with E-state index in [2.05, 4.69) is 34.9 Å². The first-order valence-corrected chi connectivity index (χ1v) is 8.69. The van der Waals surface area contributed by atoms with E-state index in [0.29, 0.717) is 6.04 Å². The van der Waals surface area contributed by atoms with Crippen molar-refractivity contribution in [1.82, 2.24) is 14.4 Å². The standard InChI is InChI=1S/C16H21N3OS/c1-2-17-5-7-18(8-6-17)16(20)14-9-12-10-19(13-3-4-13)11-15(12)21-14/h9-11,13H,2-8H2,1H3. The van der Waals surface area contributed by atoms with Crippen molar-refractivity contribution in [2.45, 2.75) is 25.8 Å². The smallest absolute Gasteiger partial charge is 0.264 e. The lowest BCUT2D eigenvalue weighted by Gasteiger charge is -2.33. The van der Waals surface area contributed by atoms with E-state index >= 15 is 0 Å². The van der Waals surface area contributed by atoms with Crippen LogP contribution in [0, 0.1) is 0 Å². The van der Waals surface area contributed by atoms with Gasteiger partial charge in [0.05, 0.1) is 9.58 Å². The fourth-order valence-corrected chi connectivity index (χ4v) is 4.11. The number of carbonyl (C=O) groups is 1. The molecule has 1 saturated heterocycles.